The van der Waals surface area contributed by atoms with Crippen molar-refractivity contribution in [2.45, 2.75) is 51.5 Å². The van der Waals surface area contributed by atoms with Crippen molar-refractivity contribution in [3.8, 4) is 0 Å². The van der Waals surface area contributed by atoms with Crippen LogP contribution in [0.15, 0.2) is 0 Å². The lowest BCUT2D eigenvalue weighted by atomic mass is 10.1. The van der Waals surface area contributed by atoms with Crippen LogP contribution < -0.4 is 10.6 Å². The molecule has 1 saturated carbocycles. The summed E-state index contributed by atoms with van der Waals surface area (Å²) in [5.74, 6) is 0.303. The van der Waals surface area contributed by atoms with E-state index in [1.54, 1.807) is 20.8 Å². The summed E-state index contributed by atoms with van der Waals surface area (Å²) in [6.07, 6.45) is 0.681. The van der Waals surface area contributed by atoms with Gasteiger partial charge in [0.15, 0.2) is 0 Å². The average Bonchev–Trinajstić information content (AvgIpc) is 3.03. The minimum atomic E-state index is -0.829. The van der Waals surface area contributed by atoms with Crippen LogP contribution in [-0.2, 0) is 9.47 Å². The zero-order valence-corrected chi connectivity index (χ0v) is 11.5. The molecule has 1 aliphatic carbocycles. The van der Waals surface area contributed by atoms with Gasteiger partial charge in [-0.2, -0.15) is 0 Å². The van der Waals surface area contributed by atoms with Crippen molar-refractivity contribution in [1.29, 1.82) is 0 Å². The largest absolute Gasteiger partial charge is 0.444 e. The predicted molar refractivity (Wildman–Crippen MR) is 66.9 cm³/mol. The van der Waals surface area contributed by atoms with E-state index in [1.807, 2.05) is 0 Å². The van der Waals surface area contributed by atoms with E-state index in [4.69, 9.17) is 9.47 Å². The first-order valence-corrected chi connectivity index (χ1v) is 6.23. The molecule has 1 fully saturated rings. The normalized spacial score (nSPS) is 19.2. The first-order chi connectivity index (χ1) is 8.33. The maximum absolute atomic E-state index is 11.7. The number of ether oxygens (including phenoxy) is 2. The fourth-order valence-electron chi connectivity index (χ4n) is 1.65. The van der Waals surface area contributed by atoms with E-state index in [0.29, 0.717) is 5.92 Å². The molecule has 3 N–H and O–H groups in total. The average molecular weight is 260 g/mol. The van der Waals surface area contributed by atoms with Crippen LogP contribution in [0.4, 0.5) is 4.79 Å². The zero-order chi connectivity index (χ0) is 13.8. The van der Waals surface area contributed by atoms with Crippen molar-refractivity contribution < 1.29 is 19.4 Å². The summed E-state index contributed by atoms with van der Waals surface area (Å²) < 4.78 is 10.0. The fraction of sp³-hybridized carbons (Fsp3) is 0.917. The molecule has 0 aromatic heterocycles. The summed E-state index contributed by atoms with van der Waals surface area (Å²) in [6.45, 7) is 5.65. The highest BCUT2D eigenvalue weighted by Gasteiger charge is 2.37. The van der Waals surface area contributed by atoms with Crippen molar-refractivity contribution >= 4 is 6.09 Å². The molecule has 106 valence electrons. The Hall–Kier alpha value is -0.850. The number of aliphatic hydroxyl groups is 1. The Bertz CT molecular complexity index is 274. The molecule has 1 aliphatic rings. The number of aliphatic hydroxyl groups excluding tert-OH is 1. The van der Waals surface area contributed by atoms with Crippen LogP contribution in [0.25, 0.3) is 0 Å². The number of methoxy groups -OCH3 is 1. The molecule has 0 bridgehead atoms. The third kappa shape index (κ3) is 5.66. The lowest BCUT2D eigenvalue weighted by molar-refractivity contribution is 0.0230. The highest BCUT2D eigenvalue weighted by Crippen LogP contribution is 2.33. The number of alkyl carbamates (subject to hydrolysis) is 1. The van der Waals surface area contributed by atoms with E-state index in [0.717, 1.165) is 12.8 Å². The quantitative estimate of drug-likeness (QED) is 0.616. The second kappa shape index (κ2) is 6.36. The van der Waals surface area contributed by atoms with E-state index in [1.165, 1.54) is 7.11 Å². The zero-order valence-electron chi connectivity index (χ0n) is 11.5. The molecule has 0 aromatic carbocycles. The number of rotatable bonds is 6. The molecule has 18 heavy (non-hydrogen) atoms. The van der Waals surface area contributed by atoms with Gasteiger partial charge in [-0.05, 0) is 39.5 Å². The Morgan fingerprint density at radius 1 is 1.44 bits per heavy atom. The summed E-state index contributed by atoms with van der Waals surface area (Å²) in [6, 6.07) is -0.338. The minimum absolute atomic E-state index is 0.236. The van der Waals surface area contributed by atoms with Gasteiger partial charge in [0.25, 0.3) is 0 Å². The molecule has 2 atom stereocenters. The molecule has 0 spiro atoms. The lowest BCUT2D eigenvalue weighted by Crippen LogP contribution is -2.52. The second-order valence-electron chi connectivity index (χ2n) is 5.59. The second-order valence-corrected chi connectivity index (χ2v) is 5.59. The molecule has 0 heterocycles. The summed E-state index contributed by atoms with van der Waals surface area (Å²) in [5, 5.41) is 15.4. The minimum Gasteiger partial charge on any atom is -0.444 e. The summed E-state index contributed by atoms with van der Waals surface area (Å²) >= 11 is 0. The topological polar surface area (TPSA) is 79.8 Å². The van der Waals surface area contributed by atoms with E-state index >= 15 is 0 Å². The molecular weight excluding hydrogens is 236 g/mol. The summed E-state index contributed by atoms with van der Waals surface area (Å²) in [7, 11) is 1.53. The molecule has 6 heteroatoms. The Morgan fingerprint density at radius 2 is 2.06 bits per heavy atom. The van der Waals surface area contributed by atoms with Crippen LogP contribution in [0, 0.1) is 5.92 Å². The van der Waals surface area contributed by atoms with Crippen LogP contribution in [0.2, 0.25) is 0 Å². The third-order valence-corrected chi connectivity index (χ3v) is 2.59. The van der Waals surface area contributed by atoms with E-state index in [-0.39, 0.29) is 12.8 Å². The maximum atomic E-state index is 11.7. The molecule has 1 amide bonds. The van der Waals surface area contributed by atoms with Gasteiger partial charge in [-0.3, -0.25) is 5.32 Å². The van der Waals surface area contributed by atoms with Gasteiger partial charge in [0.05, 0.1) is 12.8 Å². The van der Waals surface area contributed by atoms with Crippen LogP contribution in [0.1, 0.15) is 33.6 Å². The van der Waals surface area contributed by atoms with Crippen LogP contribution in [-0.4, -0.2) is 42.9 Å². The fourth-order valence-corrected chi connectivity index (χ4v) is 1.65. The van der Waals surface area contributed by atoms with Gasteiger partial charge in [0.2, 0.25) is 0 Å². The SMILES string of the molecule is COCN[C@@H](O)[C@@H](NC(=O)OC(C)(C)C)C1CC1. The Labute approximate surface area is 108 Å². The first kappa shape index (κ1) is 15.2. The van der Waals surface area contributed by atoms with Crippen molar-refractivity contribution in [2.75, 3.05) is 13.8 Å². The number of amides is 1. The first-order valence-electron chi connectivity index (χ1n) is 6.23. The molecule has 0 aliphatic heterocycles. The van der Waals surface area contributed by atoms with Crippen molar-refractivity contribution in [2.24, 2.45) is 5.92 Å². The third-order valence-electron chi connectivity index (χ3n) is 2.59. The van der Waals surface area contributed by atoms with Crippen molar-refractivity contribution in [1.82, 2.24) is 10.6 Å². The molecule has 6 nitrogen and oxygen atoms in total. The lowest BCUT2D eigenvalue weighted by Gasteiger charge is -2.27. The number of carbonyl (C=O) groups excluding carboxylic acids is 1. The highest BCUT2D eigenvalue weighted by atomic mass is 16.6. The smallest absolute Gasteiger partial charge is 0.408 e. The number of nitrogens with one attached hydrogen (secondary N) is 2. The van der Waals surface area contributed by atoms with E-state index < -0.39 is 17.9 Å². The van der Waals surface area contributed by atoms with Gasteiger partial charge in [-0.1, -0.05) is 0 Å². The Morgan fingerprint density at radius 3 is 2.50 bits per heavy atom. The van der Waals surface area contributed by atoms with Gasteiger partial charge in [0, 0.05) is 7.11 Å². The number of carbonyl (C=O) groups is 1. The van der Waals surface area contributed by atoms with Crippen LogP contribution in [0.5, 0.6) is 0 Å². The molecule has 0 aromatic rings. The highest BCUT2D eigenvalue weighted by molar-refractivity contribution is 5.68. The van der Waals surface area contributed by atoms with Crippen molar-refractivity contribution in [3.63, 3.8) is 0 Å². The van der Waals surface area contributed by atoms with Gasteiger partial charge >= 0.3 is 6.09 Å². The van der Waals surface area contributed by atoms with Gasteiger partial charge in [-0.15, -0.1) is 0 Å². The van der Waals surface area contributed by atoms with E-state index in [2.05, 4.69) is 10.6 Å². The molecule has 0 radical (unpaired) electrons. The summed E-state index contributed by atoms with van der Waals surface area (Å²) in [5.41, 5.74) is -0.539. The van der Waals surface area contributed by atoms with Crippen molar-refractivity contribution in [3.05, 3.63) is 0 Å². The van der Waals surface area contributed by atoms with E-state index in [9.17, 15) is 9.90 Å². The molecular formula is C12H24N2O4. The van der Waals surface area contributed by atoms with Crippen LogP contribution in [0.3, 0.4) is 0 Å². The molecule has 1 rings (SSSR count). The Balaban J connectivity index is 2.45. The van der Waals surface area contributed by atoms with Gasteiger partial charge in [0.1, 0.15) is 11.8 Å². The van der Waals surface area contributed by atoms with Gasteiger partial charge < -0.3 is 19.9 Å². The Kier molecular flexibility index (Phi) is 5.37. The molecule has 0 saturated heterocycles. The molecule has 0 unspecified atom stereocenters. The number of hydrogen-bond donors (Lipinski definition) is 3. The standard InChI is InChI=1S/C12H24N2O4/c1-12(2,3)18-11(16)14-9(8-5-6-8)10(15)13-7-17-4/h8-10,13,15H,5-7H2,1-4H3,(H,14,16)/t9-,10-/m0/s1. The predicted octanol–water partition coefficient (Wildman–Crippen LogP) is 0.802. The maximum Gasteiger partial charge on any atom is 0.408 e. The van der Waals surface area contributed by atoms with Gasteiger partial charge in [-0.25, -0.2) is 4.79 Å². The van der Waals surface area contributed by atoms with Crippen LogP contribution >= 0.6 is 0 Å². The summed E-state index contributed by atoms with van der Waals surface area (Å²) in [4.78, 5) is 11.7. The number of hydrogen-bond acceptors (Lipinski definition) is 5. The monoisotopic (exact) mass is 260 g/mol.